The Hall–Kier alpha value is -1.09. The van der Waals surface area contributed by atoms with E-state index in [0.29, 0.717) is 29.5 Å². The Labute approximate surface area is 191 Å². The van der Waals surface area contributed by atoms with E-state index in [4.69, 9.17) is 4.74 Å². The van der Waals surface area contributed by atoms with Crippen molar-refractivity contribution in [1.29, 1.82) is 0 Å². The normalized spacial score (nSPS) is 30.8. The van der Waals surface area contributed by atoms with Crippen LogP contribution in [-0.2, 0) is 4.74 Å². The molecule has 1 spiro atoms. The van der Waals surface area contributed by atoms with Crippen LogP contribution < -0.4 is 15.5 Å². The van der Waals surface area contributed by atoms with E-state index in [-0.39, 0.29) is 24.0 Å². The van der Waals surface area contributed by atoms with Gasteiger partial charge in [0.25, 0.3) is 0 Å². The van der Waals surface area contributed by atoms with E-state index in [1.54, 1.807) is 0 Å². The van der Waals surface area contributed by atoms with Crippen molar-refractivity contribution >= 4 is 35.8 Å². The number of halogens is 1. The predicted octanol–water partition coefficient (Wildman–Crippen LogP) is 3.10. The largest absolute Gasteiger partial charge is 0.377 e. The van der Waals surface area contributed by atoms with Crippen molar-refractivity contribution in [3.8, 4) is 0 Å². The molecule has 2 saturated carbocycles. The van der Waals surface area contributed by atoms with Crippen LogP contribution in [0.1, 0.15) is 44.2 Å². The van der Waals surface area contributed by atoms with Gasteiger partial charge in [0.15, 0.2) is 5.96 Å². The van der Waals surface area contributed by atoms with Gasteiger partial charge in [0, 0.05) is 55.9 Å². The standard InChI is InChI=1S/C22H33N5O.HI/c1-15-5-3-6-18(24-15)27-12-7-16(8-13-27)25-21(23-2)26-19-17-9-14-28-20(17)22(19)10-4-11-22;/h3,5-6,16-17,19-20H,4,7-14H2,1-2H3,(H2,23,25,26);1H. The topological polar surface area (TPSA) is 61.8 Å². The summed E-state index contributed by atoms with van der Waals surface area (Å²) in [6.07, 6.45) is 7.89. The molecule has 0 amide bonds. The molecule has 2 saturated heterocycles. The lowest BCUT2D eigenvalue weighted by atomic mass is 9.46. The Morgan fingerprint density at radius 2 is 2.00 bits per heavy atom. The number of ether oxygens (including phenoxy) is 1. The number of pyridine rings is 1. The third-order valence-corrected chi connectivity index (χ3v) is 7.59. The second kappa shape index (κ2) is 8.57. The number of piperidine rings is 1. The third-order valence-electron chi connectivity index (χ3n) is 7.59. The molecule has 7 heteroatoms. The Balaban J connectivity index is 0.00000205. The first-order valence-corrected chi connectivity index (χ1v) is 11.0. The van der Waals surface area contributed by atoms with Crippen LogP contribution in [0.2, 0.25) is 0 Å². The molecule has 2 aliphatic carbocycles. The van der Waals surface area contributed by atoms with Crippen LogP contribution in [0.5, 0.6) is 0 Å². The van der Waals surface area contributed by atoms with E-state index in [1.165, 1.54) is 25.7 Å². The van der Waals surface area contributed by atoms with Crippen molar-refractivity contribution in [2.45, 2.75) is 63.6 Å². The maximum absolute atomic E-state index is 6.06. The predicted molar refractivity (Wildman–Crippen MR) is 127 cm³/mol. The van der Waals surface area contributed by atoms with Crippen molar-refractivity contribution in [1.82, 2.24) is 15.6 Å². The molecule has 4 aliphatic rings. The molecule has 2 aliphatic heterocycles. The SMILES string of the molecule is CN=C(NC1CCN(c2cccc(C)n2)CC1)NC1C2CCOC2C12CCC2.I. The zero-order valence-corrected chi connectivity index (χ0v) is 19.9. The van der Waals surface area contributed by atoms with Crippen LogP contribution in [-0.4, -0.2) is 55.9 Å². The summed E-state index contributed by atoms with van der Waals surface area (Å²) >= 11 is 0. The number of hydrogen-bond donors (Lipinski definition) is 2. The zero-order valence-electron chi connectivity index (χ0n) is 17.6. The maximum Gasteiger partial charge on any atom is 0.191 e. The molecule has 2 N–H and O–H groups in total. The lowest BCUT2D eigenvalue weighted by Crippen LogP contribution is -2.72. The van der Waals surface area contributed by atoms with Gasteiger partial charge in [0.05, 0.1) is 6.10 Å². The number of nitrogens with zero attached hydrogens (tertiary/aromatic N) is 3. The first-order valence-electron chi connectivity index (χ1n) is 11.0. The number of anilines is 1. The van der Waals surface area contributed by atoms with E-state index < -0.39 is 0 Å². The van der Waals surface area contributed by atoms with Gasteiger partial charge in [-0.1, -0.05) is 12.5 Å². The van der Waals surface area contributed by atoms with Crippen molar-refractivity contribution in [3.05, 3.63) is 23.9 Å². The smallest absolute Gasteiger partial charge is 0.191 e. The van der Waals surface area contributed by atoms with Gasteiger partial charge in [0.1, 0.15) is 5.82 Å². The van der Waals surface area contributed by atoms with Crippen LogP contribution in [0.25, 0.3) is 0 Å². The highest BCUT2D eigenvalue weighted by atomic mass is 127. The lowest BCUT2D eigenvalue weighted by Gasteiger charge is -2.63. The second-order valence-corrected chi connectivity index (χ2v) is 9.07. The summed E-state index contributed by atoms with van der Waals surface area (Å²) in [6.45, 7) is 5.07. The van der Waals surface area contributed by atoms with Gasteiger partial charge < -0.3 is 20.3 Å². The molecule has 3 heterocycles. The van der Waals surface area contributed by atoms with Gasteiger partial charge in [-0.25, -0.2) is 4.98 Å². The number of aromatic nitrogens is 1. The molecule has 1 aromatic heterocycles. The highest BCUT2D eigenvalue weighted by molar-refractivity contribution is 14.0. The van der Waals surface area contributed by atoms with E-state index >= 15 is 0 Å². The Bertz CT molecular complexity index is 744. The van der Waals surface area contributed by atoms with Crippen LogP contribution in [0.15, 0.2) is 23.2 Å². The fourth-order valence-electron chi connectivity index (χ4n) is 5.93. The van der Waals surface area contributed by atoms with Crippen LogP contribution >= 0.6 is 24.0 Å². The number of fused-ring (bicyclic) bond motifs is 2. The van der Waals surface area contributed by atoms with E-state index in [1.807, 2.05) is 7.05 Å². The maximum atomic E-state index is 6.06. The number of hydrogen-bond acceptors (Lipinski definition) is 4. The molecular formula is C22H34IN5O. The second-order valence-electron chi connectivity index (χ2n) is 9.07. The van der Waals surface area contributed by atoms with Crippen LogP contribution in [0.3, 0.4) is 0 Å². The molecule has 6 nitrogen and oxygen atoms in total. The van der Waals surface area contributed by atoms with Gasteiger partial charge >= 0.3 is 0 Å². The first-order chi connectivity index (χ1) is 13.7. The van der Waals surface area contributed by atoms with Crippen LogP contribution in [0, 0.1) is 18.3 Å². The fraction of sp³-hybridized carbons (Fsp3) is 0.727. The van der Waals surface area contributed by atoms with Crippen molar-refractivity contribution in [3.63, 3.8) is 0 Å². The summed E-state index contributed by atoms with van der Waals surface area (Å²) in [4.78, 5) is 11.6. The number of nitrogens with one attached hydrogen (secondary N) is 2. The van der Waals surface area contributed by atoms with Crippen LogP contribution in [0.4, 0.5) is 5.82 Å². The molecule has 0 aromatic carbocycles. The Morgan fingerprint density at radius 3 is 2.66 bits per heavy atom. The van der Waals surface area contributed by atoms with E-state index in [9.17, 15) is 0 Å². The minimum Gasteiger partial charge on any atom is -0.377 e. The van der Waals surface area contributed by atoms with Gasteiger partial charge in [-0.15, -0.1) is 24.0 Å². The molecule has 1 aromatic rings. The highest BCUT2D eigenvalue weighted by Crippen LogP contribution is 2.62. The Kier molecular flexibility index (Phi) is 6.25. The monoisotopic (exact) mass is 511 g/mol. The minimum atomic E-state index is 0. The molecule has 5 rings (SSSR count). The van der Waals surface area contributed by atoms with E-state index in [0.717, 1.165) is 50.0 Å². The molecule has 29 heavy (non-hydrogen) atoms. The first kappa shape index (κ1) is 21.2. The highest BCUT2D eigenvalue weighted by Gasteiger charge is 2.66. The molecule has 160 valence electrons. The average Bonchev–Trinajstić information content (AvgIpc) is 3.09. The summed E-state index contributed by atoms with van der Waals surface area (Å²) in [5, 5.41) is 7.50. The summed E-state index contributed by atoms with van der Waals surface area (Å²) in [5.74, 6) is 2.76. The average molecular weight is 511 g/mol. The minimum absolute atomic E-state index is 0. The molecule has 0 radical (unpaired) electrons. The van der Waals surface area contributed by atoms with Crippen molar-refractivity contribution in [2.75, 3.05) is 31.6 Å². The number of rotatable bonds is 3. The molecule has 4 fully saturated rings. The summed E-state index contributed by atoms with van der Waals surface area (Å²) in [6, 6.07) is 7.29. The summed E-state index contributed by atoms with van der Waals surface area (Å²) in [7, 11) is 1.90. The number of aliphatic imine (C=N–C) groups is 1. The number of guanidine groups is 1. The Morgan fingerprint density at radius 1 is 1.21 bits per heavy atom. The van der Waals surface area contributed by atoms with Gasteiger partial charge in [-0.3, -0.25) is 4.99 Å². The van der Waals surface area contributed by atoms with E-state index in [2.05, 4.69) is 50.6 Å². The molecule has 3 atom stereocenters. The quantitative estimate of drug-likeness (QED) is 0.371. The van der Waals surface area contributed by atoms with Crippen molar-refractivity contribution in [2.24, 2.45) is 16.3 Å². The third kappa shape index (κ3) is 3.73. The molecule has 3 unspecified atom stereocenters. The molecular weight excluding hydrogens is 477 g/mol. The number of aryl methyl sites for hydroxylation is 1. The fourth-order valence-corrected chi connectivity index (χ4v) is 5.93. The van der Waals surface area contributed by atoms with Gasteiger partial charge in [-0.2, -0.15) is 0 Å². The van der Waals surface area contributed by atoms with Gasteiger partial charge in [0.2, 0.25) is 0 Å². The zero-order chi connectivity index (χ0) is 19.1. The van der Waals surface area contributed by atoms with Gasteiger partial charge in [-0.05, 0) is 51.2 Å². The molecule has 0 bridgehead atoms. The summed E-state index contributed by atoms with van der Waals surface area (Å²) in [5.41, 5.74) is 1.47. The lowest BCUT2D eigenvalue weighted by molar-refractivity contribution is -0.171. The summed E-state index contributed by atoms with van der Waals surface area (Å²) < 4.78 is 6.06. The van der Waals surface area contributed by atoms with Crippen molar-refractivity contribution < 1.29 is 4.74 Å².